The van der Waals surface area contributed by atoms with Crippen molar-refractivity contribution in [3.05, 3.63) is 75.2 Å². The zero-order valence-electron chi connectivity index (χ0n) is 15.6. The van der Waals surface area contributed by atoms with Gasteiger partial charge in [0, 0.05) is 10.0 Å². The maximum atomic E-state index is 13.0. The third-order valence-corrected chi connectivity index (χ3v) is 6.32. The SMILES string of the molecule is COc1c(C)cc(Br)cc1C(=O)Nc1cc(-c2nc3ccccc3s2)ccc1Cl. The number of halogens is 2. The van der Waals surface area contributed by atoms with Crippen LogP contribution >= 0.6 is 38.9 Å². The summed E-state index contributed by atoms with van der Waals surface area (Å²) in [5.74, 6) is 0.235. The molecule has 0 unspecified atom stereocenters. The second kappa shape index (κ2) is 8.14. The van der Waals surface area contributed by atoms with Crippen LogP contribution in [0.1, 0.15) is 15.9 Å². The smallest absolute Gasteiger partial charge is 0.259 e. The molecule has 7 heteroatoms. The number of anilines is 1. The molecule has 0 aliphatic rings. The van der Waals surface area contributed by atoms with E-state index in [2.05, 4.69) is 26.2 Å². The largest absolute Gasteiger partial charge is 0.496 e. The monoisotopic (exact) mass is 486 g/mol. The topological polar surface area (TPSA) is 51.2 Å². The fourth-order valence-electron chi connectivity index (χ4n) is 3.11. The van der Waals surface area contributed by atoms with Gasteiger partial charge in [0.1, 0.15) is 10.8 Å². The number of benzene rings is 3. The van der Waals surface area contributed by atoms with E-state index < -0.39 is 0 Å². The Morgan fingerprint density at radius 1 is 1.17 bits per heavy atom. The molecule has 1 aromatic heterocycles. The highest BCUT2D eigenvalue weighted by atomic mass is 79.9. The Labute approximate surface area is 185 Å². The Morgan fingerprint density at radius 3 is 2.72 bits per heavy atom. The summed E-state index contributed by atoms with van der Waals surface area (Å²) >= 11 is 11.4. The molecule has 0 bridgehead atoms. The van der Waals surface area contributed by atoms with Crippen LogP contribution in [0.4, 0.5) is 5.69 Å². The third-order valence-electron chi connectivity index (χ3n) is 4.44. The number of rotatable bonds is 4. The average Bonchev–Trinajstić information content (AvgIpc) is 3.13. The van der Waals surface area contributed by atoms with Gasteiger partial charge in [0.15, 0.2) is 0 Å². The molecule has 1 amide bonds. The number of carbonyl (C=O) groups is 1. The van der Waals surface area contributed by atoms with Gasteiger partial charge in [-0.05, 0) is 48.9 Å². The number of carbonyl (C=O) groups excluding carboxylic acids is 1. The van der Waals surface area contributed by atoms with E-state index >= 15 is 0 Å². The maximum Gasteiger partial charge on any atom is 0.259 e. The van der Waals surface area contributed by atoms with Crippen molar-refractivity contribution in [2.45, 2.75) is 6.92 Å². The van der Waals surface area contributed by atoms with E-state index in [9.17, 15) is 4.79 Å². The lowest BCUT2D eigenvalue weighted by molar-refractivity contribution is 0.102. The summed E-state index contributed by atoms with van der Waals surface area (Å²) in [6.45, 7) is 1.89. The van der Waals surface area contributed by atoms with Crippen LogP contribution in [0.5, 0.6) is 5.75 Å². The number of aryl methyl sites for hydroxylation is 1. The Morgan fingerprint density at radius 2 is 1.97 bits per heavy atom. The van der Waals surface area contributed by atoms with Crippen molar-refractivity contribution in [3.63, 3.8) is 0 Å². The molecule has 146 valence electrons. The maximum absolute atomic E-state index is 13.0. The molecule has 0 saturated heterocycles. The Bertz CT molecular complexity index is 1210. The molecule has 3 aromatic carbocycles. The first-order valence-corrected chi connectivity index (χ1v) is 10.8. The number of amides is 1. The minimum absolute atomic E-state index is 0.297. The summed E-state index contributed by atoms with van der Waals surface area (Å²) in [6, 6.07) is 17.1. The Balaban J connectivity index is 1.69. The lowest BCUT2D eigenvalue weighted by Gasteiger charge is -2.13. The Hall–Kier alpha value is -2.41. The van der Waals surface area contributed by atoms with Crippen molar-refractivity contribution in [3.8, 4) is 16.3 Å². The molecule has 4 aromatic rings. The third kappa shape index (κ3) is 4.01. The molecule has 1 N–H and O–H groups in total. The molecule has 0 aliphatic carbocycles. The van der Waals surface area contributed by atoms with Crippen molar-refractivity contribution in [1.29, 1.82) is 0 Å². The Kier molecular flexibility index (Phi) is 5.58. The minimum atomic E-state index is -0.297. The first kappa shape index (κ1) is 19.9. The van der Waals surface area contributed by atoms with Crippen molar-refractivity contribution in [2.75, 3.05) is 12.4 Å². The van der Waals surface area contributed by atoms with Crippen LogP contribution in [0.3, 0.4) is 0 Å². The number of hydrogen-bond donors (Lipinski definition) is 1. The summed E-state index contributed by atoms with van der Waals surface area (Å²) in [5.41, 5.74) is 3.65. The summed E-state index contributed by atoms with van der Waals surface area (Å²) in [7, 11) is 1.55. The number of thiazole rings is 1. The molecule has 0 spiro atoms. The second-order valence-electron chi connectivity index (χ2n) is 6.44. The van der Waals surface area contributed by atoms with Gasteiger partial charge in [0.2, 0.25) is 0 Å². The van der Waals surface area contributed by atoms with Crippen LogP contribution in [0, 0.1) is 6.92 Å². The predicted octanol–water partition coefficient (Wildman–Crippen LogP) is 6.95. The summed E-state index contributed by atoms with van der Waals surface area (Å²) < 4.78 is 7.33. The predicted molar refractivity (Wildman–Crippen MR) is 123 cm³/mol. The summed E-state index contributed by atoms with van der Waals surface area (Å²) in [6.07, 6.45) is 0. The zero-order valence-corrected chi connectivity index (χ0v) is 18.8. The van der Waals surface area contributed by atoms with Gasteiger partial charge in [0.05, 0.1) is 33.6 Å². The zero-order chi connectivity index (χ0) is 20.5. The van der Waals surface area contributed by atoms with E-state index in [4.69, 9.17) is 16.3 Å². The number of nitrogens with zero attached hydrogens (tertiary/aromatic N) is 1. The highest BCUT2D eigenvalue weighted by Gasteiger charge is 2.17. The van der Waals surface area contributed by atoms with E-state index in [1.54, 1.807) is 30.6 Å². The molecule has 0 fully saturated rings. The van der Waals surface area contributed by atoms with Crippen molar-refractivity contribution in [2.24, 2.45) is 0 Å². The van der Waals surface area contributed by atoms with Crippen molar-refractivity contribution >= 4 is 60.7 Å². The van der Waals surface area contributed by atoms with Gasteiger partial charge in [-0.15, -0.1) is 11.3 Å². The number of ether oxygens (including phenoxy) is 1. The van der Waals surface area contributed by atoms with E-state index in [0.29, 0.717) is 22.0 Å². The van der Waals surface area contributed by atoms with Crippen LogP contribution in [-0.2, 0) is 0 Å². The lowest BCUT2D eigenvalue weighted by Crippen LogP contribution is -2.14. The molecule has 4 nitrogen and oxygen atoms in total. The van der Waals surface area contributed by atoms with Gasteiger partial charge in [-0.1, -0.05) is 45.7 Å². The molecule has 4 rings (SSSR count). The van der Waals surface area contributed by atoms with Gasteiger partial charge >= 0.3 is 0 Å². The van der Waals surface area contributed by atoms with E-state index in [0.717, 1.165) is 30.8 Å². The van der Waals surface area contributed by atoms with Crippen LogP contribution in [0.2, 0.25) is 5.02 Å². The molecular weight excluding hydrogens is 472 g/mol. The first-order chi connectivity index (χ1) is 14.0. The molecule has 0 aliphatic heterocycles. The molecular formula is C22H16BrClN2O2S. The normalized spacial score (nSPS) is 10.9. The number of hydrogen-bond acceptors (Lipinski definition) is 4. The fraction of sp³-hybridized carbons (Fsp3) is 0.0909. The number of para-hydroxylation sites is 1. The molecule has 1 heterocycles. The van der Waals surface area contributed by atoms with E-state index in [-0.39, 0.29) is 5.91 Å². The average molecular weight is 488 g/mol. The fourth-order valence-corrected chi connectivity index (χ4v) is 4.81. The van der Waals surface area contributed by atoms with Gasteiger partial charge < -0.3 is 10.1 Å². The summed E-state index contributed by atoms with van der Waals surface area (Å²) in [5, 5.41) is 4.23. The molecule has 0 atom stereocenters. The number of nitrogens with one attached hydrogen (secondary N) is 1. The van der Waals surface area contributed by atoms with Crippen molar-refractivity contribution in [1.82, 2.24) is 4.98 Å². The van der Waals surface area contributed by atoms with E-state index in [1.165, 1.54) is 0 Å². The highest BCUT2D eigenvalue weighted by Crippen LogP contribution is 2.35. The van der Waals surface area contributed by atoms with Gasteiger partial charge in [-0.25, -0.2) is 4.98 Å². The van der Waals surface area contributed by atoms with Gasteiger partial charge in [-0.3, -0.25) is 4.79 Å². The first-order valence-electron chi connectivity index (χ1n) is 8.77. The highest BCUT2D eigenvalue weighted by molar-refractivity contribution is 9.10. The van der Waals surface area contributed by atoms with E-state index in [1.807, 2.05) is 49.4 Å². The minimum Gasteiger partial charge on any atom is -0.496 e. The van der Waals surface area contributed by atoms with Gasteiger partial charge in [-0.2, -0.15) is 0 Å². The van der Waals surface area contributed by atoms with Crippen LogP contribution in [0.15, 0.2) is 59.1 Å². The molecule has 0 saturated carbocycles. The van der Waals surface area contributed by atoms with Crippen molar-refractivity contribution < 1.29 is 9.53 Å². The number of aromatic nitrogens is 1. The van der Waals surface area contributed by atoms with Crippen LogP contribution < -0.4 is 10.1 Å². The van der Waals surface area contributed by atoms with Gasteiger partial charge in [0.25, 0.3) is 5.91 Å². The lowest BCUT2D eigenvalue weighted by atomic mass is 10.1. The van der Waals surface area contributed by atoms with Crippen LogP contribution in [-0.4, -0.2) is 18.0 Å². The van der Waals surface area contributed by atoms with Crippen LogP contribution in [0.25, 0.3) is 20.8 Å². The quantitative estimate of drug-likeness (QED) is 0.339. The standard InChI is InChI=1S/C22H16BrClN2O2S/c1-12-9-14(23)11-15(20(12)28-2)21(27)25-18-10-13(7-8-16(18)24)22-26-17-5-3-4-6-19(17)29-22/h3-11H,1-2H3,(H,25,27). The summed E-state index contributed by atoms with van der Waals surface area (Å²) in [4.78, 5) is 17.6. The second-order valence-corrected chi connectivity index (χ2v) is 8.79. The molecule has 0 radical (unpaired) electrons. The molecule has 29 heavy (non-hydrogen) atoms. The number of fused-ring (bicyclic) bond motifs is 1. The number of methoxy groups -OCH3 is 1.